The molecular weight excluding hydrogens is 220 g/mol. The molecule has 98 valence electrons. The van der Waals surface area contributed by atoms with E-state index in [-0.39, 0.29) is 24.0 Å². The summed E-state index contributed by atoms with van der Waals surface area (Å²) in [4.78, 5) is 14.0. The number of nitrogens with zero attached hydrogens (tertiary/aromatic N) is 1. The second-order valence-corrected chi connectivity index (χ2v) is 5.23. The van der Waals surface area contributed by atoms with Crippen LogP contribution in [0.4, 0.5) is 0 Å². The standard InChI is InChI=1S/C12H22N2O3/c13-9-12(2-1-3-12)6-11(16)14-4-5-17-8-10(14)7-15/h10,15H,1-9,13H2. The third-order valence-corrected chi connectivity index (χ3v) is 4.13. The molecule has 17 heavy (non-hydrogen) atoms. The van der Waals surface area contributed by atoms with E-state index in [4.69, 9.17) is 10.5 Å². The van der Waals surface area contributed by atoms with E-state index in [1.807, 2.05) is 0 Å². The highest BCUT2D eigenvalue weighted by Crippen LogP contribution is 2.43. The molecule has 1 heterocycles. The highest BCUT2D eigenvalue weighted by molar-refractivity contribution is 5.77. The lowest BCUT2D eigenvalue weighted by Gasteiger charge is -2.43. The van der Waals surface area contributed by atoms with Gasteiger partial charge < -0.3 is 20.5 Å². The minimum Gasteiger partial charge on any atom is -0.394 e. The highest BCUT2D eigenvalue weighted by Gasteiger charge is 2.39. The Morgan fingerprint density at radius 1 is 1.53 bits per heavy atom. The second kappa shape index (κ2) is 5.33. The smallest absolute Gasteiger partial charge is 0.223 e. The maximum atomic E-state index is 12.2. The van der Waals surface area contributed by atoms with Crippen LogP contribution in [0.15, 0.2) is 0 Å². The van der Waals surface area contributed by atoms with Gasteiger partial charge in [-0.25, -0.2) is 0 Å². The van der Waals surface area contributed by atoms with Gasteiger partial charge in [0.2, 0.25) is 5.91 Å². The minimum absolute atomic E-state index is 0.0264. The van der Waals surface area contributed by atoms with Crippen LogP contribution >= 0.6 is 0 Å². The SMILES string of the molecule is NCC1(CC(=O)N2CCOCC2CO)CCC1. The van der Waals surface area contributed by atoms with Crippen molar-refractivity contribution in [1.29, 1.82) is 0 Å². The summed E-state index contributed by atoms with van der Waals surface area (Å²) in [6, 6.07) is -0.175. The Balaban J connectivity index is 1.93. The summed E-state index contributed by atoms with van der Waals surface area (Å²) in [7, 11) is 0. The number of aliphatic hydroxyl groups is 1. The summed E-state index contributed by atoms with van der Waals surface area (Å²) in [5.41, 5.74) is 5.81. The van der Waals surface area contributed by atoms with Gasteiger partial charge in [-0.05, 0) is 24.8 Å². The molecule has 1 amide bonds. The van der Waals surface area contributed by atoms with Crippen LogP contribution in [-0.4, -0.2) is 54.9 Å². The Morgan fingerprint density at radius 2 is 2.29 bits per heavy atom. The van der Waals surface area contributed by atoms with Crippen molar-refractivity contribution in [2.75, 3.05) is 32.9 Å². The zero-order chi connectivity index (χ0) is 12.3. The molecule has 2 aliphatic rings. The summed E-state index contributed by atoms with van der Waals surface area (Å²) >= 11 is 0. The lowest BCUT2D eigenvalue weighted by Crippen LogP contribution is -2.52. The molecular formula is C12H22N2O3. The molecule has 0 aromatic rings. The fourth-order valence-electron chi connectivity index (χ4n) is 2.69. The van der Waals surface area contributed by atoms with Crippen molar-refractivity contribution in [1.82, 2.24) is 4.90 Å². The monoisotopic (exact) mass is 242 g/mol. The van der Waals surface area contributed by atoms with Crippen molar-refractivity contribution in [2.24, 2.45) is 11.1 Å². The van der Waals surface area contributed by atoms with Gasteiger partial charge in [0.1, 0.15) is 0 Å². The van der Waals surface area contributed by atoms with Gasteiger partial charge in [0.15, 0.2) is 0 Å². The molecule has 5 nitrogen and oxygen atoms in total. The fraction of sp³-hybridized carbons (Fsp3) is 0.917. The van der Waals surface area contributed by atoms with E-state index in [2.05, 4.69) is 0 Å². The predicted octanol–water partition coefficient (Wildman–Crippen LogP) is -0.275. The van der Waals surface area contributed by atoms with Crippen LogP contribution in [0.1, 0.15) is 25.7 Å². The van der Waals surface area contributed by atoms with Crippen molar-refractivity contribution in [3.63, 3.8) is 0 Å². The molecule has 1 atom stereocenters. The van der Waals surface area contributed by atoms with Crippen molar-refractivity contribution >= 4 is 5.91 Å². The van der Waals surface area contributed by atoms with Gasteiger partial charge in [0, 0.05) is 13.0 Å². The Labute approximate surface area is 102 Å². The molecule has 5 heteroatoms. The summed E-state index contributed by atoms with van der Waals surface area (Å²) in [5.74, 6) is 0.123. The quantitative estimate of drug-likeness (QED) is 0.711. The molecule has 1 saturated carbocycles. The molecule has 0 spiro atoms. The fourth-order valence-corrected chi connectivity index (χ4v) is 2.69. The molecule has 1 aliphatic carbocycles. The number of nitrogens with two attached hydrogens (primary N) is 1. The van der Waals surface area contributed by atoms with Gasteiger partial charge in [-0.2, -0.15) is 0 Å². The van der Waals surface area contributed by atoms with E-state index in [0.717, 1.165) is 12.8 Å². The first-order chi connectivity index (χ1) is 8.21. The number of carbonyl (C=O) groups excluding carboxylic acids is 1. The molecule has 1 aliphatic heterocycles. The number of rotatable bonds is 4. The maximum Gasteiger partial charge on any atom is 0.223 e. The van der Waals surface area contributed by atoms with E-state index in [9.17, 15) is 9.90 Å². The zero-order valence-corrected chi connectivity index (χ0v) is 10.2. The van der Waals surface area contributed by atoms with Crippen LogP contribution in [0, 0.1) is 5.41 Å². The Hall–Kier alpha value is -0.650. The average molecular weight is 242 g/mol. The van der Waals surface area contributed by atoms with Gasteiger partial charge in [-0.1, -0.05) is 6.42 Å². The summed E-state index contributed by atoms with van der Waals surface area (Å²) in [6.45, 7) is 2.16. The van der Waals surface area contributed by atoms with Crippen molar-refractivity contribution < 1.29 is 14.6 Å². The van der Waals surface area contributed by atoms with Crippen LogP contribution in [0.2, 0.25) is 0 Å². The summed E-state index contributed by atoms with van der Waals surface area (Å²) < 4.78 is 5.27. The summed E-state index contributed by atoms with van der Waals surface area (Å²) in [6.07, 6.45) is 3.82. The molecule has 2 fully saturated rings. The van der Waals surface area contributed by atoms with E-state index in [1.54, 1.807) is 4.90 Å². The summed E-state index contributed by atoms with van der Waals surface area (Å²) in [5, 5.41) is 9.24. The Bertz CT molecular complexity index is 273. The molecule has 0 aromatic heterocycles. The van der Waals surface area contributed by atoms with E-state index in [1.165, 1.54) is 6.42 Å². The molecule has 1 unspecified atom stereocenters. The number of ether oxygens (including phenoxy) is 1. The topological polar surface area (TPSA) is 75.8 Å². The number of morpholine rings is 1. The van der Waals surface area contributed by atoms with Gasteiger partial charge >= 0.3 is 0 Å². The molecule has 0 bridgehead atoms. The Morgan fingerprint density at radius 3 is 2.82 bits per heavy atom. The largest absolute Gasteiger partial charge is 0.394 e. The number of hydrogen-bond acceptors (Lipinski definition) is 4. The Kier molecular flexibility index (Phi) is 4.01. The van der Waals surface area contributed by atoms with Crippen LogP contribution in [0.5, 0.6) is 0 Å². The van der Waals surface area contributed by atoms with Crippen LogP contribution in [0.25, 0.3) is 0 Å². The number of aliphatic hydroxyl groups excluding tert-OH is 1. The normalized spacial score (nSPS) is 27.6. The molecule has 1 saturated heterocycles. The molecule has 2 rings (SSSR count). The zero-order valence-electron chi connectivity index (χ0n) is 10.2. The maximum absolute atomic E-state index is 12.2. The van der Waals surface area contributed by atoms with Gasteiger partial charge in [0.05, 0.1) is 25.9 Å². The number of carbonyl (C=O) groups is 1. The first-order valence-electron chi connectivity index (χ1n) is 6.39. The third-order valence-electron chi connectivity index (χ3n) is 4.13. The van der Waals surface area contributed by atoms with Gasteiger partial charge in [-0.3, -0.25) is 4.79 Å². The van der Waals surface area contributed by atoms with Gasteiger partial charge in [0.25, 0.3) is 0 Å². The average Bonchev–Trinajstić information content (AvgIpc) is 2.33. The van der Waals surface area contributed by atoms with Crippen molar-refractivity contribution in [3.05, 3.63) is 0 Å². The molecule has 0 radical (unpaired) electrons. The van der Waals surface area contributed by atoms with Crippen molar-refractivity contribution in [2.45, 2.75) is 31.7 Å². The van der Waals surface area contributed by atoms with E-state index in [0.29, 0.717) is 32.7 Å². The van der Waals surface area contributed by atoms with Crippen LogP contribution < -0.4 is 5.73 Å². The van der Waals surface area contributed by atoms with Gasteiger partial charge in [-0.15, -0.1) is 0 Å². The molecule has 0 aromatic carbocycles. The third kappa shape index (κ3) is 2.61. The van der Waals surface area contributed by atoms with Crippen LogP contribution in [0.3, 0.4) is 0 Å². The highest BCUT2D eigenvalue weighted by atomic mass is 16.5. The number of hydrogen-bond donors (Lipinski definition) is 2. The number of amides is 1. The van der Waals surface area contributed by atoms with Crippen LogP contribution in [-0.2, 0) is 9.53 Å². The lowest BCUT2D eigenvalue weighted by molar-refractivity contribution is -0.145. The molecule has 3 N–H and O–H groups in total. The predicted molar refractivity (Wildman–Crippen MR) is 63.4 cm³/mol. The first kappa shape index (κ1) is 12.8. The van der Waals surface area contributed by atoms with E-state index < -0.39 is 0 Å². The van der Waals surface area contributed by atoms with Crippen molar-refractivity contribution in [3.8, 4) is 0 Å². The first-order valence-corrected chi connectivity index (χ1v) is 6.39. The van der Waals surface area contributed by atoms with E-state index >= 15 is 0 Å². The second-order valence-electron chi connectivity index (χ2n) is 5.23. The lowest BCUT2D eigenvalue weighted by atomic mass is 9.66. The minimum atomic E-state index is -0.175.